The van der Waals surface area contributed by atoms with Crippen LogP contribution in [0.1, 0.15) is 17.7 Å². The van der Waals surface area contributed by atoms with Crippen molar-refractivity contribution in [3.05, 3.63) is 64.4 Å². The summed E-state index contributed by atoms with van der Waals surface area (Å²) in [6, 6.07) is 8.76. The standard InChI is InChI=1S/C19H18N6O3S/c1-12-4-2-7-24-16(27)10-13(21-17(12)24)11-29-19-23-22-18(14-5-3-9-28-14)25(19)8-6-15(20)26/h2-5,7,9-10H,6,8,11H2,1H3,(H2,20,26). The van der Waals surface area contributed by atoms with E-state index < -0.39 is 5.91 Å². The number of pyridine rings is 1. The van der Waals surface area contributed by atoms with Crippen LogP contribution in [0.3, 0.4) is 0 Å². The van der Waals surface area contributed by atoms with Crippen LogP contribution in [0.2, 0.25) is 0 Å². The molecule has 0 aliphatic heterocycles. The molecular formula is C19H18N6O3S. The van der Waals surface area contributed by atoms with Gasteiger partial charge in [0, 0.05) is 31.0 Å². The van der Waals surface area contributed by atoms with Crippen molar-refractivity contribution in [3.63, 3.8) is 0 Å². The number of primary amides is 1. The average Bonchev–Trinajstić information content (AvgIpc) is 3.35. The average molecular weight is 410 g/mol. The highest BCUT2D eigenvalue weighted by atomic mass is 32.2. The van der Waals surface area contributed by atoms with E-state index in [0.29, 0.717) is 40.4 Å². The second-order valence-corrected chi connectivity index (χ2v) is 7.35. The molecule has 10 heteroatoms. The Balaban J connectivity index is 1.63. The number of aryl methyl sites for hydroxylation is 1. The van der Waals surface area contributed by atoms with Crippen LogP contribution >= 0.6 is 11.8 Å². The summed E-state index contributed by atoms with van der Waals surface area (Å²) in [6.07, 6.45) is 3.39. The van der Waals surface area contributed by atoms with Crippen molar-refractivity contribution in [2.45, 2.75) is 30.8 Å². The lowest BCUT2D eigenvalue weighted by Crippen LogP contribution is -2.16. The van der Waals surface area contributed by atoms with Gasteiger partial charge in [0.1, 0.15) is 5.65 Å². The largest absolute Gasteiger partial charge is 0.461 e. The van der Waals surface area contributed by atoms with Gasteiger partial charge in [0.2, 0.25) is 5.91 Å². The van der Waals surface area contributed by atoms with Gasteiger partial charge in [-0.2, -0.15) is 0 Å². The summed E-state index contributed by atoms with van der Waals surface area (Å²) in [7, 11) is 0. The van der Waals surface area contributed by atoms with Crippen LogP contribution in [0.25, 0.3) is 17.2 Å². The molecule has 4 aromatic rings. The maximum Gasteiger partial charge on any atom is 0.258 e. The fourth-order valence-electron chi connectivity index (χ4n) is 2.93. The predicted octanol–water partition coefficient (Wildman–Crippen LogP) is 2.02. The number of carbonyl (C=O) groups is 1. The third kappa shape index (κ3) is 3.92. The van der Waals surface area contributed by atoms with Gasteiger partial charge < -0.3 is 10.2 Å². The molecule has 0 saturated carbocycles. The molecule has 0 bridgehead atoms. The highest BCUT2D eigenvalue weighted by Gasteiger charge is 2.17. The molecule has 4 rings (SSSR count). The minimum atomic E-state index is -0.417. The van der Waals surface area contributed by atoms with E-state index in [4.69, 9.17) is 10.2 Å². The Hall–Kier alpha value is -3.40. The molecular weight excluding hydrogens is 392 g/mol. The number of amides is 1. The molecule has 9 nitrogen and oxygen atoms in total. The van der Waals surface area contributed by atoms with Crippen LogP contribution < -0.4 is 11.3 Å². The third-order valence-corrected chi connectivity index (χ3v) is 5.33. The Morgan fingerprint density at radius 3 is 2.90 bits per heavy atom. The number of hydrogen-bond acceptors (Lipinski definition) is 7. The van der Waals surface area contributed by atoms with Crippen molar-refractivity contribution < 1.29 is 9.21 Å². The monoisotopic (exact) mass is 410 g/mol. The first kappa shape index (κ1) is 18.9. The second kappa shape index (κ2) is 7.92. The quantitative estimate of drug-likeness (QED) is 0.463. The van der Waals surface area contributed by atoms with E-state index in [-0.39, 0.29) is 12.0 Å². The lowest BCUT2D eigenvalue weighted by Gasteiger charge is -2.08. The molecule has 148 valence electrons. The topological polar surface area (TPSA) is 121 Å². The maximum atomic E-state index is 12.4. The van der Waals surface area contributed by atoms with E-state index in [1.165, 1.54) is 22.2 Å². The number of aromatic nitrogens is 5. The molecule has 0 fully saturated rings. The van der Waals surface area contributed by atoms with Crippen molar-refractivity contribution in [2.24, 2.45) is 5.73 Å². The number of hydrogen-bond donors (Lipinski definition) is 1. The van der Waals surface area contributed by atoms with E-state index in [1.807, 2.05) is 19.1 Å². The SMILES string of the molecule is Cc1cccn2c(=O)cc(CSc3nnc(-c4ccco4)n3CCC(N)=O)nc12. The van der Waals surface area contributed by atoms with Crippen molar-refractivity contribution in [1.82, 2.24) is 24.1 Å². The van der Waals surface area contributed by atoms with E-state index in [9.17, 15) is 9.59 Å². The van der Waals surface area contributed by atoms with Crippen molar-refractivity contribution in [2.75, 3.05) is 0 Å². The van der Waals surface area contributed by atoms with Gasteiger partial charge >= 0.3 is 0 Å². The molecule has 2 N–H and O–H groups in total. The molecule has 0 radical (unpaired) electrons. The molecule has 0 spiro atoms. The fraction of sp³-hybridized carbons (Fsp3) is 0.211. The lowest BCUT2D eigenvalue weighted by atomic mass is 10.3. The summed E-state index contributed by atoms with van der Waals surface area (Å²) >= 11 is 1.38. The van der Waals surface area contributed by atoms with Gasteiger partial charge in [-0.1, -0.05) is 17.8 Å². The molecule has 0 saturated heterocycles. The number of nitrogens with zero attached hydrogens (tertiary/aromatic N) is 5. The summed E-state index contributed by atoms with van der Waals surface area (Å²) in [5.74, 6) is 1.07. The predicted molar refractivity (Wildman–Crippen MR) is 107 cm³/mol. The smallest absolute Gasteiger partial charge is 0.258 e. The van der Waals surface area contributed by atoms with Crippen LogP contribution in [0, 0.1) is 6.92 Å². The van der Waals surface area contributed by atoms with Crippen LogP contribution in [0.15, 0.2) is 57.2 Å². The van der Waals surface area contributed by atoms with E-state index in [2.05, 4.69) is 15.2 Å². The van der Waals surface area contributed by atoms with Crippen LogP contribution in [-0.2, 0) is 17.1 Å². The van der Waals surface area contributed by atoms with Crippen molar-refractivity contribution in [1.29, 1.82) is 0 Å². The molecule has 0 aromatic carbocycles. The summed E-state index contributed by atoms with van der Waals surface area (Å²) in [4.78, 5) is 28.3. The number of carbonyl (C=O) groups excluding carboxylic acids is 1. The Bertz CT molecular complexity index is 1230. The van der Waals surface area contributed by atoms with Gasteiger partial charge in [-0.25, -0.2) is 4.98 Å². The lowest BCUT2D eigenvalue weighted by molar-refractivity contribution is -0.118. The third-order valence-electron chi connectivity index (χ3n) is 4.33. The molecule has 1 amide bonds. The molecule has 0 aliphatic carbocycles. The van der Waals surface area contributed by atoms with Crippen molar-refractivity contribution >= 4 is 23.3 Å². The van der Waals surface area contributed by atoms with Gasteiger partial charge in [0.25, 0.3) is 5.56 Å². The molecule has 0 unspecified atom stereocenters. The van der Waals surface area contributed by atoms with E-state index in [1.54, 1.807) is 29.2 Å². The van der Waals surface area contributed by atoms with Gasteiger partial charge in [-0.15, -0.1) is 10.2 Å². The number of rotatable bonds is 7. The Morgan fingerprint density at radius 1 is 1.28 bits per heavy atom. The summed E-state index contributed by atoms with van der Waals surface area (Å²) in [5.41, 5.74) is 7.35. The Labute approximate surface area is 169 Å². The van der Waals surface area contributed by atoms with Crippen LogP contribution in [0.4, 0.5) is 0 Å². The molecule has 0 aliphatic rings. The van der Waals surface area contributed by atoms with Crippen LogP contribution in [-0.4, -0.2) is 30.1 Å². The van der Waals surface area contributed by atoms with E-state index in [0.717, 1.165) is 5.56 Å². The highest BCUT2D eigenvalue weighted by molar-refractivity contribution is 7.98. The minimum absolute atomic E-state index is 0.138. The zero-order chi connectivity index (χ0) is 20.4. The zero-order valence-corrected chi connectivity index (χ0v) is 16.4. The van der Waals surface area contributed by atoms with Gasteiger partial charge in [-0.05, 0) is 30.7 Å². The Morgan fingerprint density at radius 2 is 2.14 bits per heavy atom. The maximum absolute atomic E-state index is 12.4. The first-order valence-electron chi connectivity index (χ1n) is 8.89. The summed E-state index contributed by atoms with van der Waals surface area (Å²) < 4.78 is 8.72. The first-order valence-corrected chi connectivity index (χ1v) is 9.87. The highest BCUT2D eigenvalue weighted by Crippen LogP contribution is 2.26. The van der Waals surface area contributed by atoms with Gasteiger partial charge in [0.15, 0.2) is 16.7 Å². The molecule has 4 heterocycles. The number of fused-ring (bicyclic) bond motifs is 1. The Kier molecular flexibility index (Phi) is 5.17. The van der Waals surface area contributed by atoms with Gasteiger partial charge in [0.05, 0.1) is 12.0 Å². The minimum Gasteiger partial charge on any atom is -0.461 e. The molecule has 0 atom stereocenters. The van der Waals surface area contributed by atoms with Gasteiger partial charge in [-0.3, -0.25) is 18.6 Å². The zero-order valence-electron chi connectivity index (χ0n) is 15.6. The first-order chi connectivity index (χ1) is 14.0. The summed E-state index contributed by atoms with van der Waals surface area (Å²) in [6.45, 7) is 2.24. The van der Waals surface area contributed by atoms with Crippen molar-refractivity contribution in [3.8, 4) is 11.6 Å². The fourth-order valence-corrected chi connectivity index (χ4v) is 3.79. The summed E-state index contributed by atoms with van der Waals surface area (Å²) in [5, 5.41) is 9.00. The number of thioether (sulfide) groups is 1. The second-order valence-electron chi connectivity index (χ2n) is 6.41. The molecule has 4 aromatic heterocycles. The molecule has 29 heavy (non-hydrogen) atoms. The number of nitrogens with two attached hydrogens (primary N) is 1. The number of furan rings is 1. The van der Waals surface area contributed by atoms with E-state index >= 15 is 0 Å². The normalized spacial score (nSPS) is 11.2. The van der Waals surface area contributed by atoms with Crippen LogP contribution in [0.5, 0.6) is 0 Å².